The summed E-state index contributed by atoms with van der Waals surface area (Å²) in [6.07, 6.45) is -0.0818. The van der Waals surface area contributed by atoms with E-state index in [4.69, 9.17) is 9.72 Å². The third kappa shape index (κ3) is 4.65. The van der Waals surface area contributed by atoms with E-state index in [2.05, 4.69) is 67.8 Å². The number of anilines is 1. The zero-order valence-electron chi connectivity index (χ0n) is 14.2. The SMILES string of the molecule is CCNc1nc(C(OCC)C(C)C)nc(C(C)(C)C)c1Br. The first-order chi connectivity index (χ1) is 9.72. The van der Waals surface area contributed by atoms with Crippen molar-refractivity contribution in [2.45, 2.75) is 60.0 Å². The molecule has 1 atom stereocenters. The second-order valence-corrected chi connectivity index (χ2v) is 7.29. The number of halogens is 1. The first-order valence-electron chi connectivity index (χ1n) is 7.65. The molecule has 0 amide bonds. The van der Waals surface area contributed by atoms with Gasteiger partial charge in [0.2, 0.25) is 0 Å². The maximum Gasteiger partial charge on any atom is 0.160 e. The van der Waals surface area contributed by atoms with Gasteiger partial charge in [-0.25, -0.2) is 9.97 Å². The highest BCUT2D eigenvalue weighted by Crippen LogP contribution is 2.35. The summed E-state index contributed by atoms with van der Waals surface area (Å²) < 4.78 is 6.81. The number of hydrogen-bond donors (Lipinski definition) is 1. The summed E-state index contributed by atoms with van der Waals surface area (Å²) in [5.41, 5.74) is 0.947. The normalized spacial score (nSPS) is 13.6. The fourth-order valence-electron chi connectivity index (χ4n) is 2.12. The zero-order chi connectivity index (χ0) is 16.2. The van der Waals surface area contributed by atoms with Crippen LogP contribution in [0, 0.1) is 5.92 Å². The average molecular weight is 358 g/mol. The van der Waals surface area contributed by atoms with E-state index >= 15 is 0 Å². The minimum absolute atomic E-state index is 0.0611. The largest absolute Gasteiger partial charge is 0.370 e. The van der Waals surface area contributed by atoms with E-state index in [1.54, 1.807) is 0 Å². The molecule has 1 heterocycles. The lowest BCUT2D eigenvalue weighted by atomic mass is 9.91. The van der Waals surface area contributed by atoms with E-state index < -0.39 is 0 Å². The Morgan fingerprint density at radius 2 is 1.81 bits per heavy atom. The topological polar surface area (TPSA) is 47.0 Å². The fourth-order valence-corrected chi connectivity index (χ4v) is 3.03. The Hall–Kier alpha value is -0.680. The van der Waals surface area contributed by atoms with Crippen LogP contribution in [0.2, 0.25) is 0 Å². The molecule has 4 nitrogen and oxygen atoms in total. The van der Waals surface area contributed by atoms with Gasteiger partial charge in [0.1, 0.15) is 11.9 Å². The van der Waals surface area contributed by atoms with E-state index in [1.165, 1.54) is 0 Å². The van der Waals surface area contributed by atoms with Crippen molar-refractivity contribution >= 4 is 21.7 Å². The molecule has 0 bridgehead atoms. The molecule has 0 saturated carbocycles. The van der Waals surface area contributed by atoms with Crippen molar-refractivity contribution in [2.75, 3.05) is 18.5 Å². The second kappa shape index (κ2) is 7.54. The number of rotatable bonds is 6. The molecule has 1 N–H and O–H groups in total. The standard InChI is InChI=1S/C16H28BrN3O/c1-8-18-14-11(17)13(16(5,6)7)19-15(20-14)12(10(3)4)21-9-2/h10,12H,8-9H2,1-7H3,(H,18,19,20). The number of aromatic nitrogens is 2. The Kier molecular flexibility index (Phi) is 6.60. The molecule has 0 saturated heterocycles. The number of nitrogens with one attached hydrogen (secondary N) is 1. The van der Waals surface area contributed by atoms with Gasteiger partial charge in [0, 0.05) is 18.6 Å². The van der Waals surface area contributed by atoms with Crippen molar-refractivity contribution in [1.82, 2.24) is 9.97 Å². The van der Waals surface area contributed by atoms with Crippen LogP contribution in [0.1, 0.15) is 66.1 Å². The van der Waals surface area contributed by atoms with E-state index in [0.29, 0.717) is 12.5 Å². The quantitative estimate of drug-likeness (QED) is 0.801. The highest BCUT2D eigenvalue weighted by Gasteiger charge is 2.27. The molecular formula is C16H28BrN3O. The molecule has 0 aliphatic heterocycles. The minimum atomic E-state index is -0.0818. The zero-order valence-corrected chi connectivity index (χ0v) is 15.8. The first-order valence-corrected chi connectivity index (χ1v) is 8.45. The Balaban J connectivity index is 3.41. The molecular weight excluding hydrogens is 330 g/mol. The van der Waals surface area contributed by atoms with Gasteiger partial charge in [0.25, 0.3) is 0 Å². The van der Waals surface area contributed by atoms with Gasteiger partial charge in [0.05, 0.1) is 10.2 Å². The number of ether oxygens (including phenoxy) is 1. The highest BCUT2D eigenvalue weighted by atomic mass is 79.9. The monoisotopic (exact) mass is 357 g/mol. The molecule has 1 unspecified atom stereocenters. The molecule has 120 valence electrons. The summed E-state index contributed by atoms with van der Waals surface area (Å²) in [7, 11) is 0. The van der Waals surface area contributed by atoms with Crippen molar-refractivity contribution < 1.29 is 4.74 Å². The van der Waals surface area contributed by atoms with Gasteiger partial charge in [-0.05, 0) is 35.7 Å². The van der Waals surface area contributed by atoms with Crippen LogP contribution in [0.5, 0.6) is 0 Å². The molecule has 0 aromatic carbocycles. The van der Waals surface area contributed by atoms with Gasteiger partial charge in [-0.15, -0.1) is 0 Å². The van der Waals surface area contributed by atoms with E-state index in [-0.39, 0.29) is 11.5 Å². The average Bonchev–Trinajstić information content (AvgIpc) is 2.37. The van der Waals surface area contributed by atoms with Gasteiger partial charge < -0.3 is 10.1 Å². The maximum atomic E-state index is 5.86. The van der Waals surface area contributed by atoms with Crippen LogP contribution in [0.4, 0.5) is 5.82 Å². The maximum absolute atomic E-state index is 5.86. The fraction of sp³-hybridized carbons (Fsp3) is 0.750. The van der Waals surface area contributed by atoms with E-state index in [1.807, 2.05) is 6.92 Å². The van der Waals surface area contributed by atoms with Crippen molar-refractivity contribution in [2.24, 2.45) is 5.92 Å². The molecule has 21 heavy (non-hydrogen) atoms. The summed E-state index contributed by atoms with van der Waals surface area (Å²) in [4.78, 5) is 9.49. The van der Waals surface area contributed by atoms with Crippen LogP contribution in [0.3, 0.4) is 0 Å². The summed E-state index contributed by atoms with van der Waals surface area (Å²) >= 11 is 3.65. The van der Waals surface area contributed by atoms with Crippen LogP contribution in [-0.2, 0) is 10.2 Å². The first kappa shape index (κ1) is 18.4. The Labute approximate surface area is 137 Å². The van der Waals surface area contributed by atoms with Crippen LogP contribution in [0.25, 0.3) is 0 Å². The third-order valence-corrected chi connectivity index (χ3v) is 3.88. The van der Waals surface area contributed by atoms with Crippen molar-refractivity contribution in [1.29, 1.82) is 0 Å². The smallest absolute Gasteiger partial charge is 0.160 e. The van der Waals surface area contributed by atoms with Gasteiger partial charge in [-0.3, -0.25) is 0 Å². The predicted molar refractivity (Wildman–Crippen MR) is 91.8 cm³/mol. The van der Waals surface area contributed by atoms with Crippen molar-refractivity contribution in [3.05, 3.63) is 16.0 Å². The summed E-state index contributed by atoms with van der Waals surface area (Å²) in [6.45, 7) is 16.3. The van der Waals surface area contributed by atoms with E-state index in [9.17, 15) is 0 Å². The van der Waals surface area contributed by atoms with Crippen molar-refractivity contribution in [3.63, 3.8) is 0 Å². The molecule has 5 heteroatoms. The summed E-state index contributed by atoms with van der Waals surface area (Å²) in [5.74, 6) is 1.93. The van der Waals surface area contributed by atoms with Crippen molar-refractivity contribution in [3.8, 4) is 0 Å². The van der Waals surface area contributed by atoms with Gasteiger partial charge >= 0.3 is 0 Å². The lowest BCUT2D eigenvalue weighted by Gasteiger charge is -2.25. The van der Waals surface area contributed by atoms with Gasteiger partial charge in [-0.1, -0.05) is 34.6 Å². The molecule has 0 fully saturated rings. The third-order valence-electron chi connectivity index (χ3n) is 3.13. The van der Waals surface area contributed by atoms with Crippen LogP contribution in [0.15, 0.2) is 4.47 Å². The van der Waals surface area contributed by atoms with Crippen LogP contribution < -0.4 is 5.32 Å². The molecule has 0 spiro atoms. The van der Waals surface area contributed by atoms with Gasteiger partial charge in [0.15, 0.2) is 5.82 Å². The number of nitrogens with zero attached hydrogens (tertiary/aromatic N) is 2. The Bertz CT molecular complexity index is 469. The molecule has 0 aliphatic carbocycles. The second-order valence-electron chi connectivity index (χ2n) is 6.49. The predicted octanol–water partition coefficient (Wildman–Crippen LogP) is 4.70. The molecule has 0 radical (unpaired) electrons. The molecule has 1 aromatic rings. The summed E-state index contributed by atoms with van der Waals surface area (Å²) in [5, 5.41) is 3.31. The minimum Gasteiger partial charge on any atom is -0.370 e. The lowest BCUT2D eigenvalue weighted by molar-refractivity contribution is 0.0230. The Morgan fingerprint density at radius 3 is 2.24 bits per heavy atom. The summed E-state index contributed by atoms with van der Waals surface area (Å²) in [6, 6.07) is 0. The molecule has 1 rings (SSSR count). The van der Waals surface area contributed by atoms with Gasteiger partial charge in [-0.2, -0.15) is 0 Å². The van der Waals surface area contributed by atoms with E-state index in [0.717, 1.165) is 28.4 Å². The van der Waals surface area contributed by atoms with Crippen LogP contribution >= 0.6 is 15.9 Å². The molecule has 0 aliphatic rings. The lowest BCUT2D eigenvalue weighted by Crippen LogP contribution is -2.22. The van der Waals surface area contributed by atoms with Crippen LogP contribution in [-0.4, -0.2) is 23.1 Å². The highest BCUT2D eigenvalue weighted by molar-refractivity contribution is 9.10. The number of hydrogen-bond acceptors (Lipinski definition) is 4. The Morgan fingerprint density at radius 1 is 1.19 bits per heavy atom. The molecule has 1 aromatic heterocycles.